The van der Waals surface area contributed by atoms with E-state index in [-0.39, 0.29) is 10.8 Å². The van der Waals surface area contributed by atoms with Gasteiger partial charge < -0.3 is 10.3 Å². The van der Waals surface area contributed by atoms with Gasteiger partial charge in [-0.05, 0) is 46.2 Å². The van der Waals surface area contributed by atoms with Crippen molar-refractivity contribution in [2.75, 3.05) is 11.5 Å². The second-order valence-electron chi connectivity index (χ2n) is 10.2. The van der Waals surface area contributed by atoms with Crippen LogP contribution >= 0.6 is 0 Å². The topological polar surface area (TPSA) is 89.5 Å². The third-order valence-corrected chi connectivity index (χ3v) is 5.90. The van der Waals surface area contributed by atoms with Crippen LogP contribution in [0.2, 0.25) is 0 Å². The normalized spacial score (nSPS) is 12.9. The molecule has 5 N–H and O–H groups in total. The largest absolute Gasteiger partial charge is 0.369 e. The number of H-pyrrole nitrogens is 1. The van der Waals surface area contributed by atoms with Gasteiger partial charge in [0.1, 0.15) is 11.0 Å². The monoisotopic (exact) mass is 405 g/mol. The van der Waals surface area contributed by atoms with Crippen molar-refractivity contribution in [2.24, 2.45) is 0 Å². The molecule has 0 unspecified atom stereocenters. The number of hydrogen-bond acceptors (Lipinski definition) is 3. The Bertz CT molecular complexity index is 1230. The fourth-order valence-electron chi connectivity index (χ4n) is 3.96. The Morgan fingerprint density at radius 3 is 2.23 bits per heavy atom. The van der Waals surface area contributed by atoms with Gasteiger partial charge in [0.25, 0.3) is 0 Å². The van der Waals surface area contributed by atoms with E-state index in [0.717, 1.165) is 22.1 Å². The first-order valence-corrected chi connectivity index (χ1v) is 10.5. The summed E-state index contributed by atoms with van der Waals surface area (Å²) < 4.78 is 4.19. The molecule has 0 aliphatic rings. The molecule has 2 aromatic heterocycles. The Balaban J connectivity index is 1.70. The van der Waals surface area contributed by atoms with Crippen molar-refractivity contribution in [1.82, 2.24) is 14.5 Å². The lowest BCUT2D eigenvalue weighted by molar-refractivity contribution is -0.657. The molecule has 0 radical (unpaired) electrons. The Morgan fingerprint density at radius 2 is 1.57 bits per heavy atom. The molecule has 0 saturated heterocycles. The van der Waals surface area contributed by atoms with Crippen molar-refractivity contribution >= 4 is 34.0 Å². The quantitative estimate of drug-likeness (QED) is 0.445. The standard InChI is InChI=1S/C24H32N6/c1-23(2,3)15-8-10-19-18(13-15)28-22(26)29(19)11-12-30-20-14-16(24(4,5)6)7-9-17(20)27-21(30)25/h7-10,13-14H,11-12H2,1-6H3,(H4,25,26,27,28)/p+1. The lowest BCUT2D eigenvalue weighted by Crippen LogP contribution is -2.38. The van der Waals surface area contributed by atoms with Gasteiger partial charge in [0.05, 0.1) is 24.1 Å². The van der Waals surface area contributed by atoms with Crippen LogP contribution in [0, 0.1) is 0 Å². The molecule has 0 aliphatic heterocycles. The number of rotatable bonds is 3. The zero-order valence-corrected chi connectivity index (χ0v) is 18.9. The van der Waals surface area contributed by atoms with Crippen molar-refractivity contribution < 1.29 is 4.57 Å². The van der Waals surface area contributed by atoms with Gasteiger partial charge in [-0.1, -0.05) is 53.7 Å². The molecule has 2 aromatic carbocycles. The number of nitrogens with zero attached hydrogens (tertiary/aromatic N) is 3. The van der Waals surface area contributed by atoms with Crippen molar-refractivity contribution in [3.63, 3.8) is 0 Å². The second-order valence-corrected chi connectivity index (χ2v) is 10.2. The lowest BCUT2D eigenvalue weighted by atomic mass is 9.87. The molecule has 0 aliphatic carbocycles. The molecule has 0 amide bonds. The summed E-state index contributed by atoms with van der Waals surface area (Å²) in [5.41, 5.74) is 19.5. The van der Waals surface area contributed by atoms with Gasteiger partial charge >= 0.3 is 5.95 Å². The zero-order chi connectivity index (χ0) is 21.8. The van der Waals surface area contributed by atoms with Gasteiger partial charge in [0, 0.05) is 0 Å². The smallest absolute Gasteiger partial charge is 0.353 e. The zero-order valence-electron chi connectivity index (χ0n) is 18.9. The lowest BCUT2D eigenvalue weighted by Gasteiger charge is -2.19. The van der Waals surface area contributed by atoms with Crippen LogP contribution in [-0.4, -0.2) is 14.5 Å². The summed E-state index contributed by atoms with van der Waals surface area (Å²) in [4.78, 5) is 7.89. The highest BCUT2D eigenvalue weighted by molar-refractivity contribution is 5.79. The van der Waals surface area contributed by atoms with E-state index in [1.807, 2.05) is 0 Å². The highest BCUT2D eigenvalue weighted by Gasteiger charge is 2.20. The number of aromatic amines is 1. The molecule has 30 heavy (non-hydrogen) atoms. The fourth-order valence-corrected chi connectivity index (χ4v) is 3.96. The molecular weight excluding hydrogens is 372 g/mol. The highest BCUT2D eigenvalue weighted by Crippen LogP contribution is 2.28. The maximum atomic E-state index is 6.34. The molecule has 2 heterocycles. The number of imidazole rings is 2. The van der Waals surface area contributed by atoms with Crippen molar-refractivity contribution in [3.8, 4) is 0 Å². The summed E-state index contributed by atoms with van der Waals surface area (Å²) >= 11 is 0. The molecule has 0 bridgehead atoms. The number of hydrogen-bond donors (Lipinski definition) is 3. The van der Waals surface area contributed by atoms with Gasteiger partial charge in [-0.15, -0.1) is 0 Å². The number of nitrogen functional groups attached to an aromatic ring is 2. The maximum Gasteiger partial charge on any atom is 0.353 e. The number of nitrogens with two attached hydrogens (primary N) is 2. The van der Waals surface area contributed by atoms with E-state index >= 15 is 0 Å². The Hall–Kier alpha value is -3.02. The molecule has 158 valence electrons. The van der Waals surface area contributed by atoms with Crippen molar-refractivity contribution in [1.29, 1.82) is 0 Å². The minimum Gasteiger partial charge on any atom is -0.369 e. The molecule has 0 fully saturated rings. The summed E-state index contributed by atoms with van der Waals surface area (Å²) in [7, 11) is 0. The van der Waals surface area contributed by atoms with E-state index in [0.29, 0.717) is 25.0 Å². The Morgan fingerprint density at radius 1 is 0.933 bits per heavy atom. The predicted octanol–water partition coefficient (Wildman–Crippen LogP) is 4.26. The predicted molar refractivity (Wildman–Crippen MR) is 124 cm³/mol. The van der Waals surface area contributed by atoms with Gasteiger partial charge in [-0.3, -0.25) is 5.73 Å². The first-order chi connectivity index (χ1) is 13.9. The van der Waals surface area contributed by atoms with Crippen LogP contribution in [0.3, 0.4) is 0 Å². The van der Waals surface area contributed by atoms with E-state index in [9.17, 15) is 0 Å². The minimum atomic E-state index is 0.0683. The average Bonchev–Trinajstić information content (AvgIpc) is 3.12. The number of anilines is 2. The van der Waals surface area contributed by atoms with Crippen LogP contribution in [-0.2, 0) is 23.9 Å². The highest BCUT2D eigenvalue weighted by atomic mass is 15.2. The van der Waals surface area contributed by atoms with Crippen molar-refractivity contribution in [3.05, 3.63) is 47.5 Å². The van der Waals surface area contributed by atoms with Gasteiger partial charge in [-0.25, -0.2) is 14.5 Å². The SMILES string of the molecule is CC(C)(C)c1ccc2c(c1)[nH]c(N)[n+]2CCn1c(N)nc2ccc(C(C)(C)C)cc21. The second kappa shape index (κ2) is 6.76. The number of aryl methyl sites for hydroxylation is 2. The third-order valence-electron chi connectivity index (χ3n) is 5.90. The van der Waals surface area contributed by atoms with Gasteiger partial charge in [0.2, 0.25) is 5.95 Å². The average molecular weight is 406 g/mol. The number of fused-ring (bicyclic) bond motifs is 2. The summed E-state index contributed by atoms with van der Waals surface area (Å²) in [6, 6.07) is 12.9. The van der Waals surface area contributed by atoms with E-state index in [1.165, 1.54) is 11.1 Å². The van der Waals surface area contributed by atoms with Crippen molar-refractivity contribution in [2.45, 2.75) is 65.5 Å². The number of benzene rings is 2. The molecular formula is C24H33N6+. The van der Waals surface area contributed by atoms with E-state index in [1.54, 1.807) is 0 Å². The van der Waals surface area contributed by atoms with Crippen LogP contribution in [0.25, 0.3) is 22.1 Å². The maximum absolute atomic E-state index is 6.34. The summed E-state index contributed by atoms with van der Waals surface area (Å²) in [6.07, 6.45) is 0. The third kappa shape index (κ3) is 3.51. The van der Waals surface area contributed by atoms with Crippen LogP contribution < -0.4 is 16.0 Å². The summed E-state index contributed by atoms with van der Waals surface area (Å²) in [5.74, 6) is 1.18. The fraction of sp³-hybridized carbons (Fsp3) is 0.417. The molecule has 6 nitrogen and oxygen atoms in total. The number of aromatic nitrogens is 4. The van der Waals surface area contributed by atoms with E-state index in [2.05, 4.69) is 97.0 Å². The van der Waals surface area contributed by atoms with Gasteiger partial charge in [0.15, 0.2) is 0 Å². The first kappa shape index (κ1) is 20.3. The summed E-state index contributed by atoms with van der Waals surface area (Å²) in [6.45, 7) is 14.7. The molecule has 0 atom stereocenters. The first-order valence-electron chi connectivity index (χ1n) is 10.5. The van der Waals surface area contributed by atoms with Gasteiger partial charge in [-0.2, -0.15) is 0 Å². The van der Waals surface area contributed by atoms with Crippen LogP contribution in [0.4, 0.5) is 11.9 Å². The van der Waals surface area contributed by atoms with Crippen LogP contribution in [0.1, 0.15) is 52.7 Å². The Kier molecular flexibility index (Phi) is 4.56. The van der Waals surface area contributed by atoms with E-state index < -0.39 is 0 Å². The molecule has 4 aromatic rings. The minimum absolute atomic E-state index is 0.0683. The Labute approximate surface area is 177 Å². The molecule has 4 rings (SSSR count). The molecule has 6 heteroatoms. The summed E-state index contributed by atoms with van der Waals surface area (Å²) in [5, 5.41) is 0. The number of nitrogens with one attached hydrogen (secondary N) is 1. The van der Waals surface area contributed by atoms with Crippen LogP contribution in [0.15, 0.2) is 36.4 Å². The molecule has 0 saturated carbocycles. The van der Waals surface area contributed by atoms with E-state index in [4.69, 9.17) is 11.5 Å². The molecule has 0 spiro atoms. The van der Waals surface area contributed by atoms with Crippen LogP contribution in [0.5, 0.6) is 0 Å².